The molecule has 0 aromatic heterocycles. The second kappa shape index (κ2) is 5.36. The van der Waals surface area contributed by atoms with Gasteiger partial charge in [0.25, 0.3) is 5.91 Å². The Kier molecular flexibility index (Phi) is 4.37. The number of carbonyl (C=O) groups is 1. The number of hydrogen-bond donors (Lipinski definition) is 3. The van der Waals surface area contributed by atoms with Crippen LogP contribution in [0, 0.1) is 0 Å². The van der Waals surface area contributed by atoms with Crippen LogP contribution in [0.3, 0.4) is 0 Å². The number of hydrogen-bond acceptors (Lipinski definition) is 4. The van der Waals surface area contributed by atoms with E-state index in [0.717, 1.165) is 0 Å². The van der Waals surface area contributed by atoms with Gasteiger partial charge < -0.3 is 10.5 Å². The third-order valence-corrected chi connectivity index (χ3v) is 2.94. The molecule has 0 spiro atoms. The summed E-state index contributed by atoms with van der Waals surface area (Å²) in [6.07, 6.45) is 0. The van der Waals surface area contributed by atoms with Gasteiger partial charge in [0.05, 0.1) is 12.1 Å². The molecule has 88 valence electrons. The molecule has 0 saturated carbocycles. The SMILES string of the molecule is COc1ccc(C(N)C(=O)NN)c(Cl)c1Cl. The first-order valence-corrected chi connectivity index (χ1v) is 5.06. The zero-order valence-corrected chi connectivity index (χ0v) is 9.97. The van der Waals surface area contributed by atoms with Gasteiger partial charge in [0.1, 0.15) is 16.8 Å². The molecule has 1 amide bonds. The monoisotopic (exact) mass is 263 g/mol. The van der Waals surface area contributed by atoms with E-state index in [9.17, 15) is 4.79 Å². The van der Waals surface area contributed by atoms with Crippen LogP contribution in [0.1, 0.15) is 11.6 Å². The summed E-state index contributed by atoms with van der Waals surface area (Å²) in [7, 11) is 1.46. The normalized spacial score (nSPS) is 12.1. The number of rotatable bonds is 3. The van der Waals surface area contributed by atoms with Gasteiger partial charge in [0.15, 0.2) is 0 Å². The Bertz CT molecular complexity index is 412. The minimum atomic E-state index is -0.971. The molecular weight excluding hydrogens is 253 g/mol. The summed E-state index contributed by atoms with van der Waals surface area (Å²) in [5.74, 6) is 4.83. The van der Waals surface area contributed by atoms with Crippen LogP contribution in [-0.2, 0) is 4.79 Å². The summed E-state index contributed by atoms with van der Waals surface area (Å²) in [4.78, 5) is 11.2. The Morgan fingerprint density at radius 1 is 1.44 bits per heavy atom. The standard InChI is InChI=1S/C9H11Cl2N3O2/c1-16-5-3-2-4(6(10)7(5)11)8(12)9(15)14-13/h2-3,8H,12-13H2,1H3,(H,14,15). The number of halogens is 2. The van der Waals surface area contributed by atoms with Crippen LogP contribution in [-0.4, -0.2) is 13.0 Å². The van der Waals surface area contributed by atoms with E-state index in [2.05, 4.69) is 0 Å². The van der Waals surface area contributed by atoms with Gasteiger partial charge in [0, 0.05) is 0 Å². The number of amides is 1. The minimum absolute atomic E-state index is 0.178. The van der Waals surface area contributed by atoms with Crippen molar-refractivity contribution in [2.24, 2.45) is 11.6 Å². The first-order valence-electron chi connectivity index (χ1n) is 4.30. The lowest BCUT2D eigenvalue weighted by atomic mass is 10.1. The first-order chi connectivity index (χ1) is 7.52. The topological polar surface area (TPSA) is 90.4 Å². The molecule has 0 aliphatic heterocycles. The van der Waals surface area contributed by atoms with E-state index in [1.807, 2.05) is 5.43 Å². The molecule has 0 aliphatic rings. The summed E-state index contributed by atoms with van der Waals surface area (Å²) < 4.78 is 4.96. The molecule has 1 aromatic rings. The Balaban J connectivity index is 3.17. The summed E-state index contributed by atoms with van der Waals surface area (Å²) in [5.41, 5.74) is 7.96. The number of ether oxygens (including phenoxy) is 1. The first kappa shape index (κ1) is 13.1. The highest BCUT2D eigenvalue weighted by molar-refractivity contribution is 6.43. The third kappa shape index (κ3) is 2.38. The van der Waals surface area contributed by atoms with Gasteiger partial charge in [0.2, 0.25) is 0 Å². The number of nitrogens with one attached hydrogen (secondary N) is 1. The second-order valence-corrected chi connectivity index (χ2v) is 3.73. The largest absolute Gasteiger partial charge is 0.495 e. The van der Waals surface area contributed by atoms with Crippen molar-refractivity contribution < 1.29 is 9.53 Å². The molecule has 1 atom stereocenters. The summed E-state index contributed by atoms with van der Waals surface area (Å²) in [6.45, 7) is 0. The van der Waals surface area contributed by atoms with E-state index in [1.54, 1.807) is 12.1 Å². The highest BCUT2D eigenvalue weighted by atomic mass is 35.5. The lowest BCUT2D eigenvalue weighted by molar-refractivity contribution is -0.122. The summed E-state index contributed by atoms with van der Waals surface area (Å²) >= 11 is 11.9. The van der Waals surface area contributed by atoms with Crippen LogP contribution in [0.5, 0.6) is 5.75 Å². The average molecular weight is 264 g/mol. The van der Waals surface area contributed by atoms with Gasteiger partial charge >= 0.3 is 0 Å². The van der Waals surface area contributed by atoms with Crippen molar-refractivity contribution in [3.63, 3.8) is 0 Å². The van der Waals surface area contributed by atoms with Crippen molar-refractivity contribution in [2.45, 2.75) is 6.04 Å². The number of carbonyl (C=O) groups excluding carboxylic acids is 1. The number of methoxy groups -OCH3 is 1. The van der Waals surface area contributed by atoms with Crippen LogP contribution < -0.4 is 21.7 Å². The maximum absolute atomic E-state index is 11.2. The molecular formula is C9H11Cl2N3O2. The Labute approximate surface area is 103 Å². The van der Waals surface area contributed by atoms with Crippen LogP contribution in [0.25, 0.3) is 0 Å². The molecule has 5 N–H and O–H groups in total. The fourth-order valence-corrected chi connectivity index (χ4v) is 1.70. The average Bonchev–Trinajstić information content (AvgIpc) is 2.30. The molecule has 1 rings (SSSR count). The fourth-order valence-electron chi connectivity index (χ4n) is 1.18. The molecule has 0 heterocycles. The van der Waals surface area contributed by atoms with Crippen molar-refractivity contribution in [3.8, 4) is 5.75 Å². The lowest BCUT2D eigenvalue weighted by Crippen LogP contribution is -2.38. The maximum atomic E-state index is 11.2. The van der Waals surface area contributed by atoms with E-state index < -0.39 is 11.9 Å². The van der Waals surface area contributed by atoms with Crippen molar-refractivity contribution in [1.82, 2.24) is 5.43 Å². The Morgan fingerprint density at radius 3 is 2.56 bits per heavy atom. The summed E-state index contributed by atoms with van der Waals surface area (Å²) in [5, 5.41) is 0.388. The van der Waals surface area contributed by atoms with E-state index in [0.29, 0.717) is 11.3 Å². The molecule has 7 heteroatoms. The number of benzene rings is 1. The molecule has 1 aromatic carbocycles. The Morgan fingerprint density at radius 2 is 2.06 bits per heavy atom. The van der Waals surface area contributed by atoms with Crippen molar-refractivity contribution in [3.05, 3.63) is 27.7 Å². The molecule has 0 fully saturated rings. The van der Waals surface area contributed by atoms with Gasteiger partial charge in [-0.15, -0.1) is 0 Å². The highest BCUT2D eigenvalue weighted by Crippen LogP contribution is 2.36. The minimum Gasteiger partial charge on any atom is -0.495 e. The zero-order chi connectivity index (χ0) is 12.3. The molecule has 0 radical (unpaired) electrons. The van der Waals surface area contributed by atoms with Crippen molar-refractivity contribution >= 4 is 29.1 Å². The van der Waals surface area contributed by atoms with E-state index >= 15 is 0 Å². The van der Waals surface area contributed by atoms with Gasteiger partial charge in [-0.2, -0.15) is 0 Å². The van der Waals surface area contributed by atoms with Gasteiger partial charge in [-0.1, -0.05) is 29.3 Å². The van der Waals surface area contributed by atoms with E-state index in [4.69, 9.17) is 39.5 Å². The highest BCUT2D eigenvalue weighted by Gasteiger charge is 2.20. The van der Waals surface area contributed by atoms with Crippen LogP contribution in [0.2, 0.25) is 10.0 Å². The zero-order valence-electron chi connectivity index (χ0n) is 8.46. The predicted molar refractivity (Wildman–Crippen MR) is 62.3 cm³/mol. The van der Waals surface area contributed by atoms with Gasteiger partial charge in [-0.05, 0) is 11.6 Å². The molecule has 16 heavy (non-hydrogen) atoms. The van der Waals surface area contributed by atoms with Crippen LogP contribution in [0.4, 0.5) is 0 Å². The van der Waals surface area contributed by atoms with Crippen LogP contribution >= 0.6 is 23.2 Å². The van der Waals surface area contributed by atoms with Gasteiger partial charge in [-0.3, -0.25) is 10.2 Å². The molecule has 0 saturated heterocycles. The third-order valence-electron chi connectivity index (χ3n) is 2.06. The van der Waals surface area contributed by atoms with Gasteiger partial charge in [-0.25, -0.2) is 5.84 Å². The smallest absolute Gasteiger partial charge is 0.255 e. The number of nitrogens with two attached hydrogens (primary N) is 2. The van der Waals surface area contributed by atoms with Crippen molar-refractivity contribution in [1.29, 1.82) is 0 Å². The molecule has 5 nitrogen and oxygen atoms in total. The summed E-state index contributed by atoms with van der Waals surface area (Å²) in [6, 6.07) is 2.17. The molecule has 1 unspecified atom stereocenters. The second-order valence-electron chi connectivity index (χ2n) is 2.97. The molecule has 0 aliphatic carbocycles. The lowest BCUT2D eigenvalue weighted by Gasteiger charge is -2.14. The number of hydrazine groups is 1. The van der Waals surface area contributed by atoms with E-state index in [-0.39, 0.29) is 10.0 Å². The Hall–Kier alpha value is -1.01. The van der Waals surface area contributed by atoms with E-state index in [1.165, 1.54) is 7.11 Å². The quantitative estimate of drug-likeness (QED) is 0.431. The van der Waals surface area contributed by atoms with Crippen LogP contribution in [0.15, 0.2) is 12.1 Å². The maximum Gasteiger partial charge on any atom is 0.255 e. The fraction of sp³-hybridized carbons (Fsp3) is 0.222. The molecule has 0 bridgehead atoms. The predicted octanol–water partition coefficient (Wildman–Crippen LogP) is 0.992. The van der Waals surface area contributed by atoms with Crippen molar-refractivity contribution in [2.75, 3.05) is 7.11 Å².